The molecule has 2 N–H and O–H groups in total. The van der Waals surface area contributed by atoms with Gasteiger partial charge in [0, 0.05) is 19.4 Å². The molecule has 1 unspecified atom stereocenters. The monoisotopic (exact) mass is 420 g/mol. The van der Waals surface area contributed by atoms with E-state index in [1.165, 1.54) is 17.0 Å². The molecular weight excluding hydrogens is 397 g/mol. The van der Waals surface area contributed by atoms with Crippen LogP contribution < -0.4 is 10.5 Å². The summed E-state index contributed by atoms with van der Waals surface area (Å²) < 4.78 is 44.3. The predicted molar refractivity (Wildman–Crippen MR) is 105 cm³/mol. The number of nitrogens with two attached hydrogens (primary N) is 1. The van der Waals surface area contributed by atoms with Crippen LogP contribution in [0.15, 0.2) is 42.5 Å². The van der Waals surface area contributed by atoms with Crippen molar-refractivity contribution in [3.8, 4) is 11.5 Å². The van der Waals surface area contributed by atoms with Crippen LogP contribution in [0, 0.1) is 0 Å². The fraction of sp³-hybridized carbons (Fsp3) is 0.364. The van der Waals surface area contributed by atoms with E-state index >= 15 is 0 Å². The van der Waals surface area contributed by atoms with Crippen molar-refractivity contribution < 1.29 is 27.5 Å². The summed E-state index contributed by atoms with van der Waals surface area (Å²) in [6, 6.07) is 8.94. The van der Waals surface area contributed by atoms with E-state index in [1.54, 1.807) is 18.2 Å². The first-order chi connectivity index (χ1) is 14.2. The number of amides is 2. The zero-order valence-electron chi connectivity index (χ0n) is 16.5. The van der Waals surface area contributed by atoms with Crippen molar-refractivity contribution in [3.05, 3.63) is 59.2 Å². The second-order valence-electron chi connectivity index (χ2n) is 7.31. The number of rotatable bonds is 6. The quantitative estimate of drug-likeness (QED) is 0.752. The van der Waals surface area contributed by atoms with Gasteiger partial charge in [0.25, 0.3) is 0 Å². The first kappa shape index (κ1) is 21.7. The minimum Gasteiger partial charge on any atom is -0.457 e. The molecule has 0 aliphatic carbocycles. The number of hydrogen-bond donors (Lipinski definition) is 1. The summed E-state index contributed by atoms with van der Waals surface area (Å²) in [5.41, 5.74) is 6.37. The molecule has 1 atom stereocenters. The van der Waals surface area contributed by atoms with Crippen molar-refractivity contribution >= 4 is 11.8 Å². The van der Waals surface area contributed by atoms with Crippen LogP contribution in [0.3, 0.4) is 0 Å². The van der Waals surface area contributed by atoms with Crippen molar-refractivity contribution in [1.29, 1.82) is 0 Å². The molecule has 8 heteroatoms. The lowest BCUT2D eigenvalue weighted by Gasteiger charge is -2.35. The number of carbonyl (C=O) groups is 2. The molecule has 0 radical (unpaired) electrons. The van der Waals surface area contributed by atoms with Gasteiger partial charge in [-0.3, -0.25) is 9.59 Å². The number of nitrogens with zero attached hydrogens (tertiary/aromatic N) is 1. The van der Waals surface area contributed by atoms with E-state index in [1.807, 2.05) is 6.92 Å². The highest BCUT2D eigenvalue weighted by molar-refractivity contribution is 5.87. The average Bonchev–Trinajstić information content (AvgIpc) is 2.70. The first-order valence-electron chi connectivity index (χ1n) is 9.74. The molecule has 0 saturated heterocycles. The largest absolute Gasteiger partial charge is 0.457 e. The van der Waals surface area contributed by atoms with E-state index in [0.29, 0.717) is 12.2 Å². The van der Waals surface area contributed by atoms with Crippen LogP contribution in [-0.2, 0) is 28.7 Å². The van der Waals surface area contributed by atoms with Crippen LogP contribution in [0.4, 0.5) is 13.2 Å². The smallest absolute Gasteiger partial charge is 0.416 e. The van der Waals surface area contributed by atoms with Gasteiger partial charge in [-0.25, -0.2) is 0 Å². The molecule has 1 aliphatic rings. The summed E-state index contributed by atoms with van der Waals surface area (Å²) in [5, 5.41) is 0. The molecule has 0 spiro atoms. The Morgan fingerprint density at radius 2 is 1.87 bits per heavy atom. The van der Waals surface area contributed by atoms with Crippen LogP contribution in [0.1, 0.15) is 42.9 Å². The van der Waals surface area contributed by atoms with Crippen LogP contribution in [0.5, 0.6) is 11.5 Å². The molecule has 160 valence electrons. The Bertz CT molecular complexity index is 943. The maximum absolute atomic E-state index is 12.9. The molecule has 0 saturated carbocycles. The summed E-state index contributed by atoms with van der Waals surface area (Å²) in [6.07, 6.45) is -2.27. The van der Waals surface area contributed by atoms with E-state index in [-0.39, 0.29) is 24.6 Å². The Labute approximate surface area is 172 Å². The fourth-order valence-electron chi connectivity index (χ4n) is 3.48. The highest BCUT2D eigenvalue weighted by Gasteiger charge is 2.33. The van der Waals surface area contributed by atoms with Crippen molar-refractivity contribution in [1.82, 2.24) is 4.90 Å². The van der Waals surface area contributed by atoms with Crippen molar-refractivity contribution in [2.24, 2.45) is 5.73 Å². The number of ether oxygens (including phenoxy) is 1. The molecule has 3 rings (SSSR count). The first-order valence-corrected chi connectivity index (χ1v) is 9.74. The molecule has 5 nitrogen and oxygen atoms in total. The van der Waals surface area contributed by atoms with Gasteiger partial charge < -0.3 is 15.4 Å². The Kier molecular flexibility index (Phi) is 6.34. The molecule has 2 aromatic rings. The van der Waals surface area contributed by atoms with Crippen LogP contribution in [0.25, 0.3) is 0 Å². The fourth-order valence-corrected chi connectivity index (χ4v) is 3.48. The van der Waals surface area contributed by atoms with Gasteiger partial charge in [0.1, 0.15) is 17.5 Å². The lowest BCUT2D eigenvalue weighted by Crippen LogP contribution is -2.51. The number of benzene rings is 2. The normalized spacial score (nSPS) is 16.1. The van der Waals surface area contributed by atoms with E-state index in [4.69, 9.17) is 10.5 Å². The molecule has 2 amide bonds. The standard InChI is InChI=1S/C22H23F3N2O3/c1-2-3-7-20(28)27-13-14-8-9-18(10-15(14)11-19(27)21(26)29)30-17-6-4-5-16(12-17)22(23,24)25/h4-6,8-10,12,19H,2-3,7,11,13H2,1H3,(H2,26,29). The van der Waals surface area contributed by atoms with Gasteiger partial charge in [0.05, 0.1) is 5.56 Å². The second kappa shape index (κ2) is 8.77. The number of fused-ring (bicyclic) bond motifs is 1. The number of hydrogen-bond acceptors (Lipinski definition) is 3. The van der Waals surface area contributed by atoms with Gasteiger partial charge in [-0.2, -0.15) is 13.2 Å². The third-order valence-corrected chi connectivity index (χ3v) is 5.10. The maximum atomic E-state index is 12.9. The molecule has 30 heavy (non-hydrogen) atoms. The summed E-state index contributed by atoms with van der Waals surface area (Å²) >= 11 is 0. The molecule has 0 bridgehead atoms. The Balaban J connectivity index is 1.82. The van der Waals surface area contributed by atoms with E-state index in [9.17, 15) is 22.8 Å². The third-order valence-electron chi connectivity index (χ3n) is 5.10. The molecule has 1 heterocycles. The molecule has 0 aromatic heterocycles. The number of halogens is 3. The third kappa shape index (κ3) is 4.93. The molecule has 0 fully saturated rings. The highest BCUT2D eigenvalue weighted by atomic mass is 19.4. The van der Waals surface area contributed by atoms with Gasteiger partial charge in [-0.1, -0.05) is 25.5 Å². The average molecular weight is 420 g/mol. The van der Waals surface area contributed by atoms with E-state index in [0.717, 1.165) is 36.1 Å². The number of carbonyl (C=O) groups excluding carboxylic acids is 2. The highest BCUT2D eigenvalue weighted by Crippen LogP contribution is 2.34. The molecule has 2 aromatic carbocycles. The number of unbranched alkanes of at least 4 members (excludes halogenated alkanes) is 1. The van der Waals surface area contributed by atoms with Crippen molar-refractivity contribution in [2.75, 3.05) is 0 Å². The van der Waals surface area contributed by atoms with Gasteiger partial charge >= 0.3 is 6.18 Å². The summed E-state index contributed by atoms with van der Waals surface area (Å²) in [5.74, 6) is -0.296. The molecule has 1 aliphatic heterocycles. The lowest BCUT2D eigenvalue weighted by atomic mass is 9.93. The number of primary amides is 1. The van der Waals surface area contributed by atoms with Gasteiger partial charge in [0.2, 0.25) is 11.8 Å². The zero-order valence-corrected chi connectivity index (χ0v) is 16.5. The Morgan fingerprint density at radius 3 is 2.53 bits per heavy atom. The second-order valence-corrected chi connectivity index (χ2v) is 7.31. The Hall–Kier alpha value is -3.03. The number of alkyl halides is 3. The maximum Gasteiger partial charge on any atom is 0.416 e. The predicted octanol–water partition coefficient (Wildman–Crippen LogP) is 4.43. The van der Waals surface area contributed by atoms with Crippen molar-refractivity contribution in [2.45, 2.75) is 51.4 Å². The minimum atomic E-state index is -4.46. The topological polar surface area (TPSA) is 72.6 Å². The minimum absolute atomic E-state index is 0.0587. The Morgan fingerprint density at radius 1 is 1.13 bits per heavy atom. The summed E-state index contributed by atoms with van der Waals surface area (Å²) in [6.45, 7) is 2.24. The SMILES string of the molecule is CCCCC(=O)N1Cc2ccc(Oc3cccc(C(F)(F)F)c3)cc2CC1C(N)=O. The van der Waals surface area contributed by atoms with Crippen molar-refractivity contribution in [3.63, 3.8) is 0 Å². The van der Waals surface area contributed by atoms with E-state index < -0.39 is 23.7 Å². The summed E-state index contributed by atoms with van der Waals surface area (Å²) in [4.78, 5) is 26.0. The van der Waals surface area contributed by atoms with Gasteiger partial charge in [-0.05, 0) is 47.9 Å². The van der Waals surface area contributed by atoms with Gasteiger partial charge in [-0.15, -0.1) is 0 Å². The lowest BCUT2D eigenvalue weighted by molar-refractivity contribution is -0.140. The zero-order chi connectivity index (χ0) is 21.9. The molecular formula is C22H23F3N2O3. The van der Waals surface area contributed by atoms with Crippen LogP contribution >= 0.6 is 0 Å². The van der Waals surface area contributed by atoms with Crippen LogP contribution in [0.2, 0.25) is 0 Å². The van der Waals surface area contributed by atoms with Gasteiger partial charge in [0.15, 0.2) is 0 Å². The van der Waals surface area contributed by atoms with Crippen LogP contribution in [-0.4, -0.2) is 22.8 Å². The van der Waals surface area contributed by atoms with E-state index in [2.05, 4.69) is 0 Å². The summed E-state index contributed by atoms with van der Waals surface area (Å²) in [7, 11) is 0.